The van der Waals surface area contributed by atoms with E-state index in [9.17, 15) is 4.79 Å². The molecular formula is C20H23N3O2S. The third kappa shape index (κ3) is 4.14. The second kappa shape index (κ2) is 8.19. The molecule has 0 spiro atoms. The number of thiophene rings is 1. The van der Waals surface area contributed by atoms with Crippen molar-refractivity contribution in [1.82, 2.24) is 15.1 Å². The number of ether oxygens (including phenoxy) is 1. The van der Waals surface area contributed by atoms with E-state index in [0.29, 0.717) is 18.8 Å². The van der Waals surface area contributed by atoms with Crippen LogP contribution in [0.2, 0.25) is 0 Å². The summed E-state index contributed by atoms with van der Waals surface area (Å²) in [6.45, 7) is 6.97. The van der Waals surface area contributed by atoms with Crippen molar-refractivity contribution in [1.29, 1.82) is 0 Å². The van der Waals surface area contributed by atoms with Gasteiger partial charge in [0, 0.05) is 17.8 Å². The van der Waals surface area contributed by atoms with E-state index in [0.717, 1.165) is 11.4 Å². The summed E-state index contributed by atoms with van der Waals surface area (Å²) in [5.74, 6) is 0.558. The lowest BCUT2D eigenvalue weighted by Gasteiger charge is -2.15. The molecule has 3 rings (SSSR count). The lowest BCUT2D eigenvalue weighted by atomic mass is 10.1. The molecule has 2 aromatic heterocycles. The van der Waals surface area contributed by atoms with E-state index in [-0.39, 0.29) is 5.91 Å². The minimum atomic E-state index is -0.542. The van der Waals surface area contributed by atoms with E-state index in [1.165, 1.54) is 11.1 Å². The molecule has 1 N–H and O–H groups in total. The largest absolute Gasteiger partial charge is 0.481 e. The van der Waals surface area contributed by atoms with Gasteiger partial charge in [-0.25, -0.2) is 0 Å². The Morgan fingerprint density at radius 2 is 2.04 bits per heavy atom. The molecule has 3 aromatic rings. The number of hydrogen-bond donors (Lipinski definition) is 1. The number of para-hydroxylation sites is 1. The highest BCUT2D eigenvalue weighted by Gasteiger charge is 2.16. The zero-order chi connectivity index (χ0) is 18.5. The molecular weight excluding hydrogens is 346 g/mol. The molecule has 0 aliphatic carbocycles. The van der Waals surface area contributed by atoms with Crippen molar-refractivity contribution in [3.8, 4) is 16.9 Å². The molecule has 0 unspecified atom stereocenters. The number of carbonyl (C=O) groups is 1. The van der Waals surface area contributed by atoms with Crippen LogP contribution in [0.4, 0.5) is 0 Å². The Bertz CT molecular complexity index is 857. The molecule has 1 amide bonds. The van der Waals surface area contributed by atoms with Crippen molar-refractivity contribution in [2.45, 2.75) is 33.4 Å². The monoisotopic (exact) mass is 369 g/mol. The molecule has 136 valence electrons. The van der Waals surface area contributed by atoms with Crippen LogP contribution in [0.15, 0.2) is 47.2 Å². The third-order valence-electron chi connectivity index (χ3n) is 4.24. The van der Waals surface area contributed by atoms with Gasteiger partial charge in [0.1, 0.15) is 5.75 Å². The molecule has 0 saturated carbocycles. The Balaban J connectivity index is 1.55. The van der Waals surface area contributed by atoms with Gasteiger partial charge < -0.3 is 10.1 Å². The molecule has 26 heavy (non-hydrogen) atoms. The first kappa shape index (κ1) is 18.2. The maximum atomic E-state index is 12.2. The van der Waals surface area contributed by atoms with E-state index in [4.69, 9.17) is 4.74 Å². The summed E-state index contributed by atoms with van der Waals surface area (Å²) in [6, 6.07) is 11.5. The minimum Gasteiger partial charge on any atom is -0.481 e. The molecule has 0 saturated heterocycles. The lowest BCUT2D eigenvalue weighted by Crippen LogP contribution is -2.38. The average molecular weight is 369 g/mol. The number of nitrogens with zero attached hydrogens (tertiary/aromatic N) is 2. The van der Waals surface area contributed by atoms with Crippen molar-refractivity contribution in [2.24, 2.45) is 0 Å². The van der Waals surface area contributed by atoms with Gasteiger partial charge in [-0.1, -0.05) is 18.2 Å². The number of hydrogen-bond acceptors (Lipinski definition) is 4. The van der Waals surface area contributed by atoms with Gasteiger partial charge >= 0.3 is 0 Å². The van der Waals surface area contributed by atoms with Crippen LogP contribution in [0.5, 0.6) is 5.75 Å². The van der Waals surface area contributed by atoms with Gasteiger partial charge in [0.05, 0.1) is 12.2 Å². The molecule has 0 aliphatic rings. The van der Waals surface area contributed by atoms with E-state index in [1.54, 1.807) is 18.3 Å². The predicted molar refractivity (Wildman–Crippen MR) is 105 cm³/mol. The molecule has 1 aromatic carbocycles. The van der Waals surface area contributed by atoms with Crippen LogP contribution < -0.4 is 10.1 Å². The number of carbonyl (C=O) groups excluding carboxylic acids is 1. The highest BCUT2D eigenvalue weighted by atomic mass is 32.1. The maximum absolute atomic E-state index is 12.2. The minimum absolute atomic E-state index is 0.131. The molecule has 0 fully saturated rings. The van der Waals surface area contributed by atoms with Crippen molar-refractivity contribution < 1.29 is 9.53 Å². The standard InChI is InChI=1S/C20H23N3O2S/c1-14-19(17-9-12-26-13-17)15(2)23(22-14)11-10-21-20(24)16(3)25-18-7-5-4-6-8-18/h4-9,12-13,16H,10-11H2,1-3H3,(H,21,24)/t16-/m0/s1. The average Bonchev–Trinajstić information content (AvgIpc) is 3.24. The van der Waals surface area contributed by atoms with Gasteiger partial charge in [0.15, 0.2) is 6.10 Å². The fourth-order valence-electron chi connectivity index (χ4n) is 2.92. The first-order valence-corrected chi connectivity index (χ1v) is 9.56. The van der Waals surface area contributed by atoms with Crippen LogP contribution in [-0.4, -0.2) is 28.3 Å². The molecule has 0 bridgehead atoms. The quantitative estimate of drug-likeness (QED) is 0.689. The zero-order valence-corrected chi connectivity index (χ0v) is 16.0. The molecule has 5 nitrogen and oxygen atoms in total. The summed E-state index contributed by atoms with van der Waals surface area (Å²) >= 11 is 1.68. The van der Waals surface area contributed by atoms with Crippen molar-refractivity contribution in [3.05, 3.63) is 58.5 Å². The highest BCUT2D eigenvalue weighted by molar-refractivity contribution is 7.08. The van der Waals surface area contributed by atoms with Crippen LogP contribution in [0.1, 0.15) is 18.3 Å². The fourth-order valence-corrected chi connectivity index (χ4v) is 3.57. The van der Waals surface area contributed by atoms with Crippen LogP contribution in [0, 0.1) is 13.8 Å². The maximum Gasteiger partial charge on any atom is 0.260 e. The molecule has 6 heteroatoms. The Hall–Kier alpha value is -2.60. The smallest absolute Gasteiger partial charge is 0.260 e. The highest BCUT2D eigenvalue weighted by Crippen LogP contribution is 2.28. The predicted octanol–water partition coefficient (Wildman–Crippen LogP) is 3.81. The second-order valence-electron chi connectivity index (χ2n) is 6.15. The second-order valence-corrected chi connectivity index (χ2v) is 6.93. The van der Waals surface area contributed by atoms with Crippen LogP contribution in [-0.2, 0) is 11.3 Å². The van der Waals surface area contributed by atoms with E-state index < -0.39 is 6.10 Å². The number of aromatic nitrogens is 2. The third-order valence-corrected chi connectivity index (χ3v) is 4.92. The van der Waals surface area contributed by atoms with Gasteiger partial charge in [-0.05, 0) is 55.3 Å². The van der Waals surface area contributed by atoms with Gasteiger partial charge in [-0.15, -0.1) is 0 Å². The molecule has 0 radical (unpaired) electrons. The molecule has 1 atom stereocenters. The van der Waals surface area contributed by atoms with Gasteiger partial charge in [-0.3, -0.25) is 9.48 Å². The van der Waals surface area contributed by atoms with Crippen LogP contribution >= 0.6 is 11.3 Å². The normalized spacial score (nSPS) is 12.0. The van der Waals surface area contributed by atoms with Gasteiger partial charge in [-0.2, -0.15) is 16.4 Å². The van der Waals surface area contributed by atoms with Crippen LogP contribution in [0.3, 0.4) is 0 Å². The number of amides is 1. The Kier molecular flexibility index (Phi) is 5.73. The zero-order valence-electron chi connectivity index (χ0n) is 15.2. The fraction of sp³-hybridized carbons (Fsp3) is 0.300. The number of aryl methyl sites for hydroxylation is 1. The van der Waals surface area contributed by atoms with E-state index >= 15 is 0 Å². The first-order chi connectivity index (χ1) is 12.6. The molecule has 2 heterocycles. The summed E-state index contributed by atoms with van der Waals surface area (Å²) in [7, 11) is 0. The van der Waals surface area contributed by atoms with Crippen molar-refractivity contribution in [3.63, 3.8) is 0 Å². The number of benzene rings is 1. The van der Waals surface area contributed by atoms with E-state index in [2.05, 4.69) is 34.2 Å². The van der Waals surface area contributed by atoms with Crippen molar-refractivity contribution >= 4 is 17.2 Å². The first-order valence-electron chi connectivity index (χ1n) is 8.62. The summed E-state index contributed by atoms with van der Waals surface area (Å²) in [6.07, 6.45) is -0.542. The summed E-state index contributed by atoms with van der Waals surface area (Å²) < 4.78 is 7.59. The molecule has 0 aliphatic heterocycles. The summed E-state index contributed by atoms with van der Waals surface area (Å²) in [5.41, 5.74) is 4.50. The topological polar surface area (TPSA) is 56.2 Å². The number of nitrogens with one attached hydrogen (secondary N) is 1. The van der Waals surface area contributed by atoms with Crippen LogP contribution in [0.25, 0.3) is 11.1 Å². The Morgan fingerprint density at radius 3 is 2.73 bits per heavy atom. The lowest BCUT2D eigenvalue weighted by molar-refractivity contribution is -0.127. The van der Waals surface area contributed by atoms with Gasteiger partial charge in [0.25, 0.3) is 5.91 Å². The van der Waals surface area contributed by atoms with Crippen molar-refractivity contribution in [2.75, 3.05) is 6.54 Å². The SMILES string of the molecule is Cc1nn(CCNC(=O)[C@H](C)Oc2ccccc2)c(C)c1-c1ccsc1. The Labute approximate surface area is 157 Å². The Morgan fingerprint density at radius 1 is 1.27 bits per heavy atom. The number of rotatable bonds is 7. The summed E-state index contributed by atoms with van der Waals surface area (Å²) in [5, 5.41) is 11.7. The van der Waals surface area contributed by atoms with E-state index in [1.807, 2.05) is 41.9 Å². The van der Waals surface area contributed by atoms with Gasteiger partial charge in [0.2, 0.25) is 0 Å². The summed E-state index contributed by atoms with van der Waals surface area (Å²) in [4.78, 5) is 12.2.